The highest BCUT2D eigenvalue weighted by Crippen LogP contribution is 2.36. The van der Waals surface area contributed by atoms with Crippen molar-refractivity contribution in [3.63, 3.8) is 0 Å². The lowest BCUT2D eigenvalue weighted by Crippen LogP contribution is -2.32. The molecule has 4 heteroatoms. The zero-order valence-corrected chi connectivity index (χ0v) is 14.5. The average molecular weight is 325 g/mol. The molecular weight excluding hydrogens is 298 g/mol. The summed E-state index contributed by atoms with van der Waals surface area (Å²) in [4.78, 5) is 11.2. The van der Waals surface area contributed by atoms with Crippen LogP contribution in [0.4, 0.5) is 0 Å². The van der Waals surface area contributed by atoms with Crippen LogP contribution in [0.1, 0.15) is 31.0 Å². The monoisotopic (exact) mass is 325 g/mol. The molecule has 0 amide bonds. The van der Waals surface area contributed by atoms with Crippen LogP contribution in [0.15, 0.2) is 48.9 Å². The maximum Gasteiger partial charge on any atom is 0.0535 e. The summed E-state index contributed by atoms with van der Waals surface area (Å²) < 4.78 is 5.85. The number of nitrogens with zero attached hydrogens (tertiary/aromatic N) is 3. The van der Waals surface area contributed by atoms with Gasteiger partial charge in [-0.05, 0) is 56.5 Å². The van der Waals surface area contributed by atoms with Crippen molar-refractivity contribution < 1.29 is 4.74 Å². The molecule has 1 unspecified atom stereocenters. The van der Waals surface area contributed by atoms with Crippen LogP contribution < -0.4 is 0 Å². The molecule has 0 aromatic carbocycles. The zero-order valence-electron chi connectivity index (χ0n) is 14.5. The number of ether oxygens (including phenoxy) is 1. The zero-order chi connectivity index (χ0) is 16.7. The molecule has 0 spiro atoms. The predicted molar refractivity (Wildman–Crippen MR) is 95.6 cm³/mol. The summed E-state index contributed by atoms with van der Waals surface area (Å²) in [6.07, 6.45) is 9.03. The molecule has 0 bridgehead atoms. The molecule has 1 atom stereocenters. The first-order chi connectivity index (χ1) is 11.8. The Bertz CT molecular complexity index is 605. The summed E-state index contributed by atoms with van der Waals surface area (Å²) in [5.41, 5.74) is 2.71. The maximum absolute atomic E-state index is 5.85. The Morgan fingerprint density at radius 2 is 2.17 bits per heavy atom. The van der Waals surface area contributed by atoms with Gasteiger partial charge in [-0.25, -0.2) is 0 Å². The summed E-state index contributed by atoms with van der Waals surface area (Å²) in [6.45, 7) is 6.91. The number of likely N-dealkylation sites (tertiary alicyclic amines) is 1. The van der Waals surface area contributed by atoms with Gasteiger partial charge in [0.1, 0.15) is 0 Å². The standard InChI is InChI=1S/C20H27N3O/c1-2-24-17-20(9-8-19-7-3-4-12-22-19)10-13-23(16-20)15-18-6-5-11-21-14-18/h3-7,11-12,14H,2,8-10,13,15-17H2,1H3. The maximum atomic E-state index is 5.85. The highest BCUT2D eigenvalue weighted by Gasteiger charge is 2.38. The van der Waals surface area contributed by atoms with Gasteiger partial charge in [0, 0.05) is 49.4 Å². The van der Waals surface area contributed by atoms with Gasteiger partial charge in [-0.1, -0.05) is 12.1 Å². The molecule has 3 rings (SSSR count). The molecular formula is C20H27N3O. The molecule has 0 radical (unpaired) electrons. The van der Waals surface area contributed by atoms with Crippen molar-refractivity contribution in [2.45, 2.75) is 32.7 Å². The highest BCUT2D eigenvalue weighted by molar-refractivity contribution is 5.09. The molecule has 1 aliphatic rings. The predicted octanol–water partition coefficient (Wildman–Crippen LogP) is 3.34. The fourth-order valence-electron chi connectivity index (χ4n) is 3.56. The van der Waals surface area contributed by atoms with Gasteiger partial charge >= 0.3 is 0 Å². The lowest BCUT2D eigenvalue weighted by molar-refractivity contribution is 0.0488. The van der Waals surface area contributed by atoms with E-state index < -0.39 is 0 Å². The van der Waals surface area contributed by atoms with Gasteiger partial charge in [0.25, 0.3) is 0 Å². The Labute approximate surface area is 144 Å². The molecule has 0 saturated carbocycles. The summed E-state index contributed by atoms with van der Waals surface area (Å²) in [7, 11) is 0. The van der Waals surface area contributed by atoms with Crippen molar-refractivity contribution in [2.75, 3.05) is 26.3 Å². The summed E-state index contributed by atoms with van der Waals surface area (Å²) >= 11 is 0. The van der Waals surface area contributed by atoms with Crippen LogP contribution in [-0.4, -0.2) is 41.2 Å². The smallest absolute Gasteiger partial charge is 0.0535 e. The van der Waals surface area contributed by atoms with Crippen molar-refractivity contribution in [3.8, 4) is 0 Å². The molecule has 1 saturated heterocycles. The third-order valence-corrected chi connectivity index (χ3v) is 4.90. The van der Waals surface area contributed by atoms with Gasteiger partial charge in [-0.3, -0.25) is 14.9 Å². The molecule has 1 fully saturated rings. The minimum atomic E-state index is 0.246. The van der Waals surface area contributed by atoms with Gasteiger partial charge in [0.05, 0.1) is 6.61 Å². The third kappa shape index (κ3) is 4.62. The topological polar surface area (TPSA) is 38.2 Å². The van der Waals surface area contributed by atoms with Crippen LogP contribution in [0.25, 0.3) is 0 Å². The van der Waals surface area contributed by atoms with Crippen molar-refractivity contribution in [2.24, 2.45) is 5.41 Å². The van der Waals surface area contributed by atoms with E-state index in [0.29, 0.717) is 0 Å². The van der Waals surface area contributed by atoms with Crippen LogP contribution >= 0.6 is 0 Å². The quantitative estimate of drug-likeness (QED) is 0.746. The lowest BCUT2D eigenvalue weighted by atomic mass is 9.82. The van der Waals surface area contributed by atoms with Crippen LogP contribution in [0.3, 0.4) is 0 Å². The Morgan fingerprint density at radius 3 is 2.92 bits per heavy atom. The van der Waals surface area contributed by atoms with E-state index in [4.69, 9.17) is 4.74 Å². The second-order valence-electron chi connectivity index (χ2n) is 6.78. The first-order valence-electron chi connectivity index (χ1n) is 8.89. The molecule has 2 aromatic heterocycles. The van der Waals surface area contributed by atoms with Gasteiger partial charge in [-0.15, -0.1) is 0 Å². The summed E-state index contributed by atoms with van der Waals surface area (Å²) in [5, 5.41) is 0. The first-order valence-corrected chi connectivity index (χ1v) is 8.89. The molecule has 4 nitrogen and oxygen atoms in total. The SMILES string of the molecule is CCOCC1(CCc2ccccn2)CCN(Cc2cccnc2)C1. The van der Waals surface area contributed by atoms with Crippen LogP contribution in [-0.2, 0) is 17.7 Å². The molecule has 0 N–H and O–H groups in total. The Morgan fingerprint density at radius 1 is 1.21 bits per heavy atom. The van der Waals surface area contributed by atoms with E-state index in [2.05, 4.69) is 40.0 Å². The minimum Gasteiger partial charge on any atom is -0.381 e. The summed E-state index contributed by atoms with van der Waals surface area (Å²) in [6, 6.07) is 10.3. The number of pyridine rings is 2. The van der Waals surface area contributed by atoms with E-state index >= 15 is 0 Å². The van der Waals surface area contributed by atoms with Crippen molar-refractivity contribution >= 4 is 0 Å². The fourth-order valence-corrected chi connectivity index (χ4v) is 3.56. The van der Waals surface area contributed by atoms with Gasteiger partial charge in [0.2, 0.25) is 0 Å². The first kappa shape index (κ1) is 17.1. The molecule has 1 aliphatic heterocycles. The average Bonchev–Trinajstić information content (AvgIpc) is 3.03. The Kier molecular flexibility index (Phi) is 5.94. The number of hydrogen-bond acceptors (Lipinski definition) is 4. The molecule has 24 heavy (non-hydrogen) atoms. The second kappa shape index (κ2) is 8.36. The number of rotatable bonds is 8. The fraction of sp³-hybridized carbons (Fsp3) is 0.500. The van der Waals surface area contributed by atoms with E-state index in [1.807, 2.05) is 30.7 Å². The van der Waals surface area contributed by atoms with Gasteiger partial charge in [-0.2, -0.15) is 0 Å². The second-order valence-corrected chi connectivity index (χ2v) is 6.78. The largest absolute Gasteiger partial charge is 0.381 e. The van der Waals surface area contributed by atoms with E-state index in [0.717, 1.165) is 45.7 Å². The lowest BCUT2D eigenvalue weighted by Gasteiger charge is -2.29. The molecule has 128 valence electrons. The Hall–Kier alpha value is -1.78. The van der Waals surface area contributed by atoms with E-state index in [1.54, 1.807) is 0 Å². The van der Waals surface area contributed by atoms with E-state index in [1.165, 1.54) is 17.7 Å². The van der Waals surface area contributed by atoms with Crippen LogP contribution in [0.5, 0.6) is 0 Å². The highest BCUT2D eigenvalue weighted by atomic mass is 16.5. The third-order valence-electron chi connectivity index (χ3n) is 4.90. The number of hydrogen-bond donors (Lipinski definition) is 0. The van der Waals surface area contributed by atoms with Crippen molar-refractivity contribution in [1.82, 2.24) is 14.9 Å². The van der Waals surface area contributed by atoms with E-state index in [-0.39, 0.29) is 5.41 Å². The molecule has 0 aliphatic carbocycles. The van der Waals surface area contributed by atoms with Gasteiger partial charge < -0.3 is 4.74 Å². The molecule has 3 heterocycles. The van der Waals surface area contributed by atoms with Crippen LogP contribution in [0, 0.1) is 5.41 Å². The minimum absolute atomic E-state index is 0.246. The van der Waals surface area contributed by atoms with Crippen molar-refractivity contribution in [3.05, 3.63) is 60.2 Å². The van der Waals surface area contributed by atoms with E-state index in [9.17, 15) is 0 Å². The molecule has 2 aromatic rings. The van der Waals surface area contributed by atoms with Gasteiger partial charge in [0.15, 0.2) is 0 Å². The number of aryl methyl sites for hydroxylation is 1. The van der Waals surface area contributed by atoms with Crippen LogP contribution in [0.2, 0.25) is 0 Å². The summed E-state index contributed by atoms with van der Waals surface area (Å²) in [5.74, 6) is 0. The Balaban J connectivity index is 1.61. The number of aromatic nitrogens is 2. The normalized spacial score (nSPS) is 21.2. The van der Waals surface area contributed by atoms with Crippen molar-refractivity contribution in [1.29, 1.82) is 0 Å².